The summed E-state index contributed by atoms with van der Waals surface area (Å²) in [5.74, 6) is 1.10. The average Bonchev–Trinajstić information content (AvgIpc) is 2.80. The van der Waals surface area contributed by atoms with Gasteiger partial charge in [-0.05, 0) is 13.0 Å². The average molecular weight is 213 g/mol. The Morgan fingerprint density at radius 3 is 2.88 bits per heavy atom. The highest BCUT2D eigenvalue weighted by Crippen LogP contribution is 2.32. The molecule has 0 atom stereocenters. The number of H-pyrrole nitrogens is 1. The number of para-hydroxylation sites is 1. The maximum Gasteiger partial charge on any atom is 0.171 e. The number of benzene rings is 1. The molecule has 0 amide bonds. The Morgan fingerprint density at radius 2 is 2.12 bits per heavy atom. The molecule has 0 unspecified atom stereocenters. The zero-order valence-corrected chi connectivity index (χ0v) is 8.82. The largest absolute Gasteiger partial charge is 0.381 e. The van der Waals surface area contributed by atoms with E-state index in [0.717, 1.165) is 22.2 Å². The van der Waals surface area contributed by atoms with Crippen LogP contribution >= 0.6 is 0 Å². The minimum atomic E-state index is 0.402. The van der Waals surface area contributed by atoms with Gasteiger partial charge in [0.2, 0.25) is 0 Å². The number of anilines is 1. The summed E-state index contributed by atoms with van der Waals surface area (Å²) in [4.78, 5) is 3.31. The molecule has 0 radical (unpaired) electrons. The number of aromatic amines is 1. The Kier molecular flexibility index (Phi) is 1.77. The maximum absolute atomic E-state index is 5.56. The van der Waals surface area contributed by atoms with Crippen molar-refractivity contribution in [3.8, 4) is 11.3 Å². The first-order chi connectivity index (χ1) is 7.75. The lowest BCUT2D eigenvalue weighted by Crippen LogP contribution is -1.80. The van der Waals surface area contributed by atoms with Crippen LogP contribution in [-0.2, 0) is 0 Å². The normalized spacial score (nSPS) is 11.1. The van der Waals surface area contributed by atoms with Gasteiger partial charge in [0, 0.05) is 28.2 Å². The first-order valence-corrected chi connectivity index (χ1v) is 5.05. The van der Waals surface area contributed by atoms with Crippen molar-refractivity contribution in [3.05, 3.63) is 36.0 Å². The summed E-state index contributed by atoms with van der Waals surface area (Å²) < 4.78 is 5.20. The molecular formula is C12H11N3O. The van der Waals surface area contributed by atoms with Gasteiger partial charge in [-0.25, -0.2) is 0 Å². The van der Waals surface area contributed by atoms with Crippen molar-refractivity contribution in [3.63, 3.8) is 0 Å². The summed E-state index contributed by atoms with van der Waals surface area (Å²) in [6, 6.07) is 9.82. The SMILES string of the molecule is Cc1[nH]c2ccccc2c1-c1cc(N)no1. The van der Waals surface area contributed by atoms with Crippen LogP contribution in [0.15, 0.2) is 34.9 Å². The van der Waals surface area contributed by atoms with E-state index in [1.165, 1.54) is 0 Å². The Morgan fingerprint density at radius 1 is 1.31 bits per heavy atom. The predicted molar refractivity (Wildman–Crippen MR) is 62.9 cm³/mol. The summed E-state index contributed by atoms with van der Waals surface area (Å²) >= 11 is 0. The van der Waals surface area contributed by atoms with Crippen molar-refractivity contribution in [1.29, 1.82) is 0 Å². The standard InChI is InChI=1S/C12H11N3O/c1-7-12(10-6-11(13)15-16-10)8-4-2-3-5-9(8)14-7/h2-6,14H,1H3,(H2,13,15). The van der Waals surface area contributed by atoms with Crippen molar-refractivity contribution in [2.75, 3.05) is 5.73 Å². The number of hydrogen-bond acceptors (Lipinski definition) is 3. The monoisotopic (exact) mass is 213 g/mol. The molecule has 0 saturated carbocycles. The van der Waals surface area contributed by atoms with Gasteiger partial charge in [-0.1, -0.05) is 23.4 Å². The highest BCUT2D eigenvalue weighted by Gasteiger charge is 2.13. The smallest absolute Gasteiger partial charge is 0.171 e. The highest BCUT2D eigenvalue weighted by molar-refractivity contribution is 5.96. The second-order valence-electron chi connectivity index (χ2n) is 3.79. The van der Waals surface area contributed by atoms with E-state index >= 15 is 0 Å². The number of nitrogens with two attached hydrogens (primary N) is 1. The van der Waals surface area contributed by atoms with Gasteiger partial charge in [-0.3, -0.25) is 0 Å². The van der Waals surface area contributed by atoms with Crippen LogP contribution in [0.25, 0.3) is 22.2 Å². The molecule has 2 heterocycles. The van der Waals surface area contributed by atoms with E-state index in [1.807, 2.05) is 31.2 Å². The van der Waals surface area contributed by atoms with Crippen molar-refractivity contribution >= 4 is 16.7 Å². The van der Waals surface area contributed by atoms with Gasteiger partial charge >= 0.3 is 0 Å². The van der Waals surface area contributed by atoms with Crippen LogP contribution < -0.4 is 5.73 Å². The molecule has 16 heavy (non-hydrogen) atoms. The number of aromatic nitrogens is 2. The van der Waals surface area contributed by atoms with Crippen LogP contribution in [0.4, 0.5) is 5.82 Å². The lowest BCUT2D eigenvalue weighted by molar-refractivity contribution is 0.436. The second kappa shape index (κ2) is 3.13. The Labute approximate surface area is 92.0 Å². The number of nitrogens with one attached hydrogen (secondary N) is 1. The third-order valence-electron chi connectivity index (χ3n) is 2.67. The first-order valence-electron chi connectivity index (χ1n) is 5.05. The molecule has 4 heteroatoms. The molecule has 0 fully saturated rings. The minimum absolute atomic E-state index is 0.402. The fraction of sp³-hybridized carbons (Fsp3) is 0.0833. The zero-order chi connectivity index (χ0) is 11.1. The third-order valence-corrected chi connectivity index (χ3v) is 2.67. The minimum Gasteiger partial charge on any atom is -0.381 e. The molecule has 4 nitrogen and oxygen atoms in total. The number of fused-ring (bicyclic) bond motifs is 1. The molecule has 0 aliphatic rings. The van der Waals surface area contributed by atoms with E-state index in [1.54, 1.807) is 6.07 Å². The van der Waals surface area contributed by atoms with Crippen molar-refractivity contribution in [2.45, 2.75) is 6.92 Å². The lowest BCUT2D eigenvalue weighted by atomic mass is 10.1. The van der Waals surface area contributed by atoms with Gasteiger partial charge in [0.25, 0.3) is 0 Å². The molecule has 3 rings (SSSR count). The van der Waals surface area contributed by atoms with Crippen LogP contribution in [0.2, 0.25) is 0 Å². The van der Waals surface area contributed by atoms with Gasteiger partial charge in [0.05, 0.1) is 0 Å². The number of hydrogen-bond donors (Lipinski definition) is 2. The van der Waals surface area contributed by atoms with E-state index in [-0.39, 0.29) is 0 Å². The topological polar surface area (TPSA) is 67.8 Å². The quantitative estimate of drug-likeness (QED) is 0.653. The Balaban J connectivity index is 2.34. The fourth-order valence-corrected chi connectivity index (χ4v) is 2.00. The summed E-state index contributed by atoms with van der Waals surface area (Å²) in [5, 5.41) is 4.83. The molecule has 0 aliphatic heterocycles. The summed E-state index contributed by atoms with van der Waals surface area (Å²) in [6.45, 7) is 2.01. The molecule has 80 valence electrons. The Bertz CT molecular complexity index is 651. The molecule has 0 saturated heterocycles. The van der Waals surface area contributed by atoms with Gasteiger partial charge < -0.3 is 15.2 Å². The summed E-state index contributed by atoms with van der Waals surface area (Å²) in [7, 11) is 0. The number of aryl methyl sites for hydroxylation is 1. The van der Waals surface area contributed by atoms with E-state index < -0.39 is 0 Å². The number of nitrogens with zero attached hydrogens (tertiary/aromatic N) is 1. The van der Waals surface area contributed by atoms with Crippen LogP contribution in [-0.4, -0.2) is 10.1 Å². The molecule has 0 bridgehead atoms. The Hall–Kier alpha value is -2.23. The van der Waals surface area contributed by atoms with Gasteiger partial charge in [-0.15, -0.1) is 0 Å². The van der Waals surface area contributed by atoms with Crippen molar-refractivity contribution in [1.82, 2.24) is 10.1 Å². The van der Waals surface area contributed by atoms with Crippen LogP contribution in [0.5, 0.6) is 0 Å². The summed E-state index contributed by atoms with van der Waals surface area (Å²) in [5.41, 5.74) is 8.73. The van der Waals surface area contributed by atoms with Crippen molar-refractivity contribution in [2.24, 2.45) is 0 Å². The molecule has 0 aliphatic carbocycles. The van der Waals surface area contributed by atoms with Crippen LogP contribution in [0.3, 0.4) is 0 Å². The first kappa shape index (κ1) is 9.03. The van der Waals surface area contributed by atoms with Gasteiger partial charge in [-0.2, -0.15) is 0 Å². The van der Waals surface area contributed by atoms with E-state index in [9.17, 15) is 0 Å². The highest BCUT2D eigenvalue weighted by atomic mass is 16.5. The fourth-order valence-electron chi connectivity index (χ4n) is 2.00. The van der Waals surface area contributed by atoms with Crippen LogP contribution in [0.1, 0.15) is 5.69 Å². The molecule has 1 aromatic carbocycles. The molecular weight excluding hydrogens is 202 g/mol. The predicted octanol–water partition coefficient (Wildman–Crippen LogP) is 2.71. The molecule has 3 N–H and O–H groups in total. The zero-order valence-electron chi connectivity index (χ0n) is 8.82. The maximum atomic E-state index is 5.56. The summed E-state index contributed by atoms with van der Waals surface area (Å²) in [6.07, 6.45) is 0. The van der Waals surface area contributed by atoms with E-state index in [4.69, 9.17) is 10.3 Å². The van der Waals surface area contributed by atoms with E-state index in [0.29, 0.717) is 11.6 Å². The number of rotatable bonds is 1. The molecule has 2 aromatic heterocycles. The third kappa shape index (κ3) is 1.20. The van der Waals surface area contributed by atoms with Crippen molar-refractivity contribution < 1.29 is 4.52 Å². The lowest BCUT2D eigenvalue weighted by Gasteiger charge is -1.94. The molecule has 3 aromatic rings. The second-order valence-corrected chi connectivity index (χ2v) is 3.79. The molecule has 0 spiro atoms. The van der Waals surface area contributed by atoms with Gasteiger partial charge in [0.1, 0.15) is 0 Å². The van der Waals surface area contributed by atoms with Gasteiger partial charge in [0.15, 0.2) is 11.6 Å². The van der Waals surface area contributed by atoms with E-state index in [2.05, 4.69) is 10.1 Å². The van der Waals surface area contributed by atoms with Crippen LogP contribution in [0, 0.1) is 6.92 Å². The number of nitrogen functional groups attached to an aromatic ring is 1.